The summed E-state index contributed by atoms with van der Waals surface area (Å²) in [5.41, 5.74) is 2.13. The summed E-state index contributed by atoms with van der Waals surface area (Å²) in [6.45, 7) is 2.73. The number of benzene rings is 2. The van der Waals surface area contributed by atoms with Crippen LogP contribution in [0.3, 0.4) is 0 Å². The number of hydrogen-bond acceptors (Lipinski definition) is 2. The quantitative estimate of drug-likeness (QED) is 0.879. The highest BCUT2D eigenvalue weighted by molar-refractivity contribution is 5.35. The predicted octanol–water partition coefficient (Wildman–Crippen LogP) is 3.90. The molecule has 2 aromatic carbocycles. The molecule has 2 rings (SSSR count). The van der Waals surface area contributed by atoms with E-state index in [0.717, 1.165) is 12.0 Å². The second kappa shape index (κ2) is 6.34. The molecule has 0 radical (unpaired) electrons. The van der Waals surface area contributed by atoms with Crippen LogP contribution in [0.4, 0.5) is 4.39 Å². The molecular formula is C16H18FNO. The number of hydrogen-bond donors (Lipinski definition) is 1. The van der Waals surface area contributed by atoms with E-state index in [0.29, 0.717) is 12.3 Å². The van der Waals surface area contributed by atoms with E-state index >= 15 is 0 Å². The van der Waals surface area contributed by atoms with Crippen LogP contribution in [0, 0.1) is 5.82 Å². The fourth-order valence-corrected chi connectivity index (χ4v) is 1.86. The number of nitrogens with one attached hydrogen (secondary N) is 1. The van der Waals surface area contributed by atoms with Gasteiger partial charge in [-0.1, -0.05) is 25.1 Å². The van der Waals surface area contributed by atoms with Gasteiger partial charge in [0.25, 0.3) is 0 Å². The van der Waals surface area contributed by atoms with Gasteiger partial charge < -0.3 is 10.1 Å². The lowest BCUT2D eigenvalue weighted by atomic mass is 10.2. The first-order valence-corrected chi connectivity index (χ1v) is 6.42. The third-order valence-electron chi connectivity index (χ3n) is 2.94. The van der Waals surface area contributed by atoms with Crippen molar-refractivity contribution in [3.8, 4) is 11.5 Å². The van der Waals surface area contributed by atoms with Crippen molar-refractivity contribution < 1.29 is 9.13 Å². The van der Waals surface area contributed by atoms with E-state index in [-0.39, 0.29) is 11.6 Å². The molecule has 3 heteroatoms. The molecule has 1 N–H and O–H groups in total. The molecule has 100 valence electrons. The highest BCUT2D eigenvalue weighted by Crippen LogP contribution is 2.25. The zero-order chi connectivity index (χ0) is 13.7. The van der Waals surface area contributed by atoms with E-state index in [1.165, 1.54) is 11.6 Å². The Labute approximate surface area is 113 Å². The average Bonchev–Trinajstić information content (AvgIpc) is 2.43. The van der Waals surface area contributed by atoms with Crippen molar-refractivity contribution in [2.45, 2.75) is 19.9 Å². The summed E-state index contributed by atoms with van der Waals surface area (Å²) in [5.74, 6) is 0.564. The first kappa shape index (κ1) is 13.6. The normalized spacial score (nSPS) is 10.5. The van der Waals surface area contributed by atoms with Gasteiger partial charge in [-0.2, -0.15) is 0 Å². The Bertz CT molecular complexity index is 537. The Morgan fingerprint density at radius 3 is 2.32 bits per heavy atom. The summed E-state index contributed by atoms with van der Waals surface area (Å²) in [6, 6.07) is 12.7. The molecule has 19 heavy (non-hydrogen) atoms. The molecule has 0 amide bonds. The first-order chi connectivity index (χ1) is 9.22. The molecule has 0 aliphatic carbocycles. The Morgan fingerprint density at radius 2 is 1.74 bits per heavy atom. The Hall–Kier alpha value is -1.87. The van der Waals surface area contributed by atoms with Crippen LogP contribution in [0.25, 0.3) is 0 Å². The van der Waals surface area contributed by atoms with Gasteiger partial charge in [0.1, 0.15) is 5.75 Å². The average molecular weight is 259 g/mol. The van der Waals surface area contributed by atoms with Crippen LogP contribution < -0.4 is 10.1 Å². The van der Waals surface area contributed by atoms with Gasteiger partial charge in [-0.3, -0.25) is 0 Å². The Morgan fingerprint density at radius 1 is 1.05 bits per heavy atom. The molecule has 0 aromatic heterocycles. The Kier molecular flexibility index (Phi) is 4.53. The second-order valence-corrected chi connectivity index (χ2v) is 4.39. The molecule has 0 atom stereocenters. The van der Waals surface area contributed by atoms with E-state index in [4.69, 9.17) is 4.74 Å². The lowest BCUT2D eigenvalue weighted by Gasteiger charge is -2.09. The van der Waals surface area contributed by atoms with Crippen LogP contribution in [-0.4, -0.2) is 7.05 Å². The Balaban J connectivity index is 2.13. The third kappa shape index (κ3) is 3.55. The molecule has 0 fully saturated rings. The van der Waals surface area contributed by atoms with E-state index in [2.05, 4.69) is 12.2 Å². The van der Waals surface area contributed by atoms with Gasteiger partial charge in [0.2, 0.25) is 0 Å². The van der Waals surface area contributed by atoms with Gasteiger partial charge in [0.15, 0.2) is 11.6 Å². The van der Waals surface area contributed by atoms with Gasteiger partial charge >= 0.3 is 0 Å². The van der Waals surface area contributed by atoms with E-state index < -0.39 is 0 Å². The smallest absolute Gasteiger partial charge is 0.166 e. The fraction of sp³-hybridized carbons (Fsp3) is 0.250. The molecule has 0 aliphatic heterocycles. The van der Waals surface area contributed by atoms with Gasteiger partial charge in [-0.25, -0.2) is 4.39 Å². The van der Waals surface area contributed by atoms with Crippen molar-refractivity contribution in [1.29, 1.82) is 0 Å². The lowest BCUT2D eigenvalue weighted by Crippen LogP contribution is -2.05. The minimum Gasteiger partial charge on any atom is -0.454 e. The number of halogens is 1. The van der Waals surface area contributed by atoms with E-state index in [1.54, 1.807) is 6.07 Å². The molecule has 0 saturated carbocycles. The van der Waals surface area contributed by atoms with Crippen LogP contribution in [-0.2, 0) is 13.0 Å². The molecule has 0 unspecified atom stereocenters. The summed E-state index contributed by atoms with van der Waals surface area (Å²) in [6.07, 6.45) is 0.980. The molecule has 2 nitrogen and oxygen atoms in total. The monoisotopic (exact) mass is 259 g/mol. The topological polar surface area (TPSA) is 21.3 Å². The van der Waals surface area contributed by atoms with E-state index in [9.17, 15) is 4.39 Å². The van der Waals surface area contributed by atoms with Crippen LogP contribution in [0.15, 0.2) is 42.5 Å². The van der Waals surface area contributed by atoms with Crippen molar-refractivity contribution in [3.63, 3.8) is 0 Å². The van der Waals surface area contributed by atoms with Gasteiger partial charge in [0.05, 0.1) is 0 Å². The maximum absolute atomic E-state index is 13.9. The maximum atomic E-state index is 13.9. The van der Waals surface area contributed by atoms with Gasteiger partial charge in [0, 0.05) is 6.54 Å². The lowest BCUT2D eigenvalue weighted by molar-refractivity contribution is 0.441. The molecule has 0 heterocycles. The van der Waals surface area contributed by atoms with Gasteiger partial charge in [-0.15, -0.1) is 0 Å². The summed E-state index contributed by atoms with van der Waals surface area (Å²) in [7, 11) is 1.83. The number of rotatable bonds is 5. The van der Waals surface area contributed by atoms with Crippen LogP contribution >= 0.6 is 0 Å². The van der Waals surface area contributed by atoms with Crippen molar-refractivity contribution in [1.82, 2.24) is 5.32 Å². The highest BCUT2D eigenvalue weighted by Gasteiger charge is 2.06. The number of ether oxygens (including phenoxy) is 1. The van der Waals surface area contributed by atoms with Crippen LogP contribution in [0.2, 0.25) is 0 Å². The standard InChI is InChI=1S/C16H18FNO/c1-3-12-4-7-14(8-5-12)19-16-9-6-13(11-18-2)10-15(16)17/h4-10,18H,3,11H2,1-2H3. The SMILES string of the molecule is CCc1ccc(Oc2ccc(CNC)cc2F)cc1. The van der Waals surface area contributed by atoms with Crippen molar-refractivity contribution in [3.05, 3.63) is 59.4 Å². The zero-order valence-electron chi connectivity index (χ0n) is 11.2. The zero-order valence-corrected chi connectivity index (χ0v) is 11.2. The van der Waals surface area contributed by atoms with Crippen LogP contribution in [0.5, 0.6) is 11.5 Å². The van der Waals surface area contributed by atoms with Crippen molar-refractivity contribution in [2.24, 2.45) is 0 Å². The molecular weight excluding hydrogens is 241 g/mol. The van der Waals surface area contributed by atoms with E-state index in [1.807, 2.05) is 37.4 Å². The molecule has 0 saturated heterocycles. The fourth-order valence-electron chi connectivity index (χ4n) is 1.86. The summed E-state index contributed by atoms with van der Waals surface area (Å²) in [4.78, 5) is 0. The molecule has 2 aromatic rings. The number of aryl methyl sites for hydroxylation is 1. The second-order valence-electron chi connectivity index (χ2n) is 4.39. The van der Waals surface area contributed by atoms with Crippen LogP contribution in [0.1, 0.15) is 18.1 Å². The highest BCUT2D eigenvalue weighted by atomic mass is 19.1. The summed E-state index contributed by atoms with van der Waals surface area (Å²) in [5, 5.41) is 2.99. The summed E-state index contributed by atoms with van der Waals surface area (Å²) >= 11 is 0. The largest absolute Gasteiger partial charge is 0.454 e. The minimum atomic E-state index is -0.340. The molecule has 0 bridgehead atoms. The minimum absolute atomic E-state index is 0.254. The first-order valence-electron chi connectivity index (χ1n) is 6.42. The van der Waals surface area contributed by atoms with Crippen molar-refractivity contribution in [2.75, 3.05) is 7.05 Å². The third-order valence-corrected chi connectivity index (χ3v) is 2.94. The summed E-state index contributed by atoms with van der Waals surface area (Å²) < 4.78 is 19.4. The van der Waals surface area contributed by atoms with Gasteiger partial charge in [-0.05, 0) is 48.9 Å². The molecule has 0 spiro atoms. The predicted molar refractivity (Wildman–Crippen MR) is 75.1 cm³/mol. The molecule has 0 aliphatic rings. The maximum Gasteiger partial charge on any atom is 0.166 e. The van der Waals surface area contributed by atoms with Crippen molar-refractivity contribution >= 4 is 0 Å².